The second kappa shape index (κ2) is 14.5. The summed E-state index contributed by atoms with van der Waals surface area (Å²) in [5.41, 5.74) is 1.26. The van der Waals surface area contributed by atoms with Crippen LogP contribution in [0.25, 0.3) is 0 Å². The Kier molecular flexibility index (Phi) is 11.7. The van der Waals surface area contributed by atoms with E-state index in [0.717, 1.165) is 29.2 Å². The summed E-state index contributed by atoms with van der Waals surface area (Å²) in [4.78, 5) is 36.1. The van der Waals surface area contributed by atoms with Crippen molar-refractivity contribution in [1.82, 2.24) is 15.0 Å². The van der Waals surface area contributed by atoms with E-state index in [-0.39, 0.29) is 41.8 Å². The number of para-hydroxylation sites is 1. The number of anilines is 2. The number of hydrogen-bond donors (Lipinski definition) is 3. The van der Waals surface area contributed by atoms with E-state index < -0.39 is 24.1 Å². The van der Waals surface area contributed by atoms with Crippen LogP contribution in [0.4, 0.5) is 11.6 Å². The van der Waals surface area contributed by atoms with Crippen LogP contribution in [0.2, 0.25) is 0 Å². The van der Waals surface area contributed by atoms with Crippen LogP contribution in [0.3, 0.4) is 0 Å². The predicted octanol–water partition coefficient (Wildman–Crippen LogP) is 2.76. The molecule has 0 amide bonds. The summed E-state index contributed by atoms with van der Waals surface area (Å²) in [6.07, 6.45) is -1.88. The quantitative estimate of drug-likeness (QED) is 0.191. The minimum Gasteiger partial charge on any atom is -0.460 e. The molecule has 2 rings (SSSR count). The fraction of sp³-hybridized carbons (Fsp3) is 0.348. The van der Waals surface area contributed by atoms with Gasteiger partial charge in [-0.2, -0.15) is 15.0 Å². The van der Waals surface area contributed by atoms with Crippen molar-refractivity contribution in [2.75, 3.05) is 30.0 Å². The lowest BCUT2D eigenvalue weighted by molar-refractivity contribution is -0.142. The van der Waals surface area contributed by atoms with E-state index in [1.54, 1.807) is 0 Å². The Morgan fingerprint density at radius 3 is 1.77 bits per heavy atom. The van der Waals surface area contributed by atoms with Crippen LogP contribution in [0.15, 0.2) is 64.9 Å². The Labute approximate surface area is 212 Å². The number of rotatable bonds is 14. The number of ether oxygens (including phenoxy) is 2. The zero-order chi connectivity index (χ0) is 25.8. The van der Waals surface area contributed by atoms with Gasteiger partial charge in [-0.05, 0) is 26.0 Å². The highest BCUT2D eigenvalue weighted by molar-refractivity contribution is 7.99. The van der Waals surface area contributed by atoms with Crippen LogP contribution in [0, 0.1) is 0 Å². The second-order valence-electron chi connectivity index (χ2n) is 7.40. The van der Waals surface area contributed by atoms with Gasteiger partial charge in [-0.15, -0.1) is 0 Å². The third-order valence-corrected chi connectivity index (χ3v) is 5.93. The highest BCUT2D eigenvalue weighted by Gasteiger charge is 2.15. The smallest absolute Gasteiger partial charge is 0.333 e. The number of esters is 2. The van der Waals surface area contributed by atoms with Crippen molar-refractivity contribution in [2.24, 2.45) is 0 Å². The average molecular weight is 521 g/mol. The third-order valence-electron chi connectivity index (χ3n) is 3.94. The van der Waals surface area contributed by atoms with E-state index in [1.165, 1.54) is 13.8 Å². The third kappa shape index (κ3) is 10.9. The van der Waals surface area contributed by atoms with Gasteiger partial charge in [0.1, 0.15) is 13.2 Å². The lowest BCUT2D eigenvalue weighted by Gasteiger charge is -2.13. The van der Waals surface area contributed by atoms with Gasteiger partial charge >= 0.3 is 11.9 Å². The molecule has 0 aliphatic carbocycles. The molecular formula is C23H28N4O6S2. The van der Waals surface area contributed by atoms with Gasteiger partial charge in [-0.1, -0.05) is 54.9 Å². The van der Waals surface area contributed by atoms with E-state index in [2.05, 4.69) is 33.4 Å². The summed E-state index contributed by atoms with van der Waals surface area (Å²) < 4.78 is 9.92. The Balaban J connectivity index is 2.03. The minimum atomic E-state index is -0.938. The van der Waals surface area contributed by atoms with Gasteiger partial charge in [0.15, 0.2) is 10.3 Å². The van der Waals surface area contributed by atoms with Crippen LogP contribution in [-0.2, 0) is 19.1 Å². The summed E-state index contributed by atoms with van der Waals surface area (Å²) in [5, 5.41) is 24.0. The molecular weight excluding hydrogens is 492 g/mol. The van der Waals surface area contributed by atoms with Gasteiger partial charge in [-0.25, -0.2) is 9.59 Å². The van der Waals surface area contributed by atoms with E-state index in [1.807, 2.05) is 30.3 Å². The summed E-state index contributed by atoms with van der Waals surface area (Å²) in [6.45, 7) is 9.67. The van der Waals surface area contributed by atoms with Gasteiger partial charge in [0.05, 0.1) is 12.2 Å². The summed E-state index contributed by atoms with van der Waals surface area (Å²) in [5.74, 6) is -0.531. The Bertz CT molecular complexity index is 980. The molecule has 2 atom stereocenters. The number of aliphatic hydroxyl groups is 2. The molecule has 0 saturated carbocycles. The van der Waals surface area contributed by atoms with Crippen molar-refractivity contribution in [2.45, 2.75) is 36.4 Å². The van der Waals surface area contributed by atoms with E-state index in [0.29, 0.717) is 10.3 Å². The molecule has 188 valence electrons. The zero-order valence-corrected chi connectivity index (χ0v) is 21.1. The first-order valence-corrected chi connectivity index (χ1v) is 12.5. The zero-order valence-electron chi connectivity index (χ0n) is 19.5. The molecule has 1 aromatic heterocycles. The Morgan fingerprint density at radius 2 is 1.34 bits per heavy atom. The van der Waals surface area contributed by atoms with Crippen molar-refractivity contribution < 1.29 is 29.3 Å². The standard InChI is InChI=1S/C23H28N4O6S2/c1-14(2)19(30)32-10-17(28)12-34-22-25-21(24-16-8-6-5-7-9-16)26-23(27-22)35-13-18(29)11-33-20(31)15(3)4/h5-9,17-18,28-29H,1,3,10-13H2,2,4H3,(H,24,25,26,27). The first-order valence-electron chi connectivity index (χ1n) is 10.5. The van der Waals surface area contributed by atoms with Crippen LogP contribution in [-0.4, -0.2) is 74.0 Å². The van der Waals surface area contributed by atoms with Gasteiger partial charge < -0.3 is 25.0 Å². The molecule has 0 fully saturated rings. The van der Waals surface area contributed by atoms with E-state index in [9.17, 15) is 19.8 Å². The second-order valence-corrected chi connectivity index (χ2v) is 9.38. The average Bonchev–Trinajstić information content (AvgIpc) is 2.83. The van der Waals surface area contributed by atoms with Crippen molar-refractivity contribution in [1.29, 1.82) is 0 Å². The maximum absolute atomic E-state index is 11.5. The maximum atomic E-state index is 11.5. The monoisotopic (exact) mass is 520 g/mol. The molecule has 0 bridgehead atoms. The molecule has 0 radical (unpaired) electrons. The fourth-order valence-corrected chi connectivity index (χ4v) is 3.74. The minimum absolute atomic E-state index is 0.169. The molecule has 3 N–H and O–H groups in total. The molecule has 12 heteroatoms. The molecule has 0 aliphatic rings. The predicted molar refractivity (Wildman–Crippen MR) is 135 cm³/mol. The molecule has 2 aromatic rings. The summed E-state index contributed by atoms with van der Waals surface area (Å²) in [7, 11) is 0. The summed E-state index contributed by atoms with van der Waals surface area (Å²) in [6, 6.07) is 9.30. The number of carbonyl (C=O) groups is 2. The maximum Gasteiger partial charge on any atom is 0.333 e. The summed E-state index contributed by atoms with van der Waals surface area (Å²) >= 11 is 2.32. The molecule has 10 nitrogen and oxygen atoms in total. The molecule has 2 unspecified atom stereocenters. The van der Waals surface area contributed by atoms with Gasteiger partial charge in [0.2, 0.25) is 5.95 Å². The van der Waals surface area contributed by atoms with Crippen LogP contribution >= 0.6 is 23.5 Å². The fourth-order valence-electron chi connectivity index (χ4n) is 2.20. The first kappa shape index (κ1) is 28.3. The van der Waals surface area contributed by atoms with Crippen molar-refractivity contribution in [3.05, 3.63) is 54.6 Å². The molecule has 0 saturated heterocycles. The highest BCUT2D eigenvalue weighted by atomic mass is 32.2. The molecule has 1 aromatic carbocycles. The first-order chi connectivity index (χ1) is 16.6. The molecule has 35 heavy (non-hydrogen) atoms. The van der Waals surface area contributed by atoms with Crippen molar-refractivity contribution in [3.63, 3.8) is 0 Å². The van der Waals surface area contributed by atoms with Crippen LogP contribution in [0.1, 0.15) is 13.8 Å². The largest absolute Gasteiger partial charge is 0.460 e. The number of hydrogen-bond acceptors (Lipinski definition) is 12. The lowest BCUT2D eigenvalue weighted by atomic mass is 10.3. The number of benzene rings is 1. The molecule has 1 heterocycles. The normalized spacial score (nSPS) is 12.3. The van der Waals surface area contributed by atoms with E-state index in [4.69, 9.17) is 9.47 Å². The molecule has 0 spiro atoms. The van der Waals surface area contributed by atoms with Crippen LogP contribution in [0.5, 0.6) is 0 Å². The number of thioether (sulfide) groups is 2. The number of aromatic nitrogens is 3. The Hall–Kier alpha value is -2.93. The van der Waals surface area contributed by atoms with Gasteiger partial charge in [0.25, 0.3) is 0 Å². The number of aliphatic hydroxyl groups excluding tert-OH is 2. The number of carbonyl (C=O) groups excluding carboxylic acids is 2. The van der Waals surface area contributed by atoms with Crippen molar-refractivity contribution >= 4 is 47.1 Å². The van der Waals surface area contributed by atoms with E-state index >= 15 is 0 Å². The SMILES string of the molecule is C=C(C)C(=O)OCC(O)CSc1nc(Nc2ccccc2)nc(SCC(O)COC(=O)C(=C)C)n1. The van der Waals surface area contributed by atoms with Gasteiger partial charge in [-0.3, -0.25) is 0 Å². The van der Waals surface area contributed by atoms with Gasteiger partial charge in [0, 0.05) is 28.3 Å². The van der Waals surface area contributed by atoms with Crippen LogP contribution < -0.4 is 5.32 Å². The topological polar surface area (TPSA) is 144 Å². The lowest BCUT2D eigenvalue weighted by Crippen LogP contribution is -2.21. The number of nitrogens with zero attached hydrogens (tertiary/aromatic N) is 3. The van der Waals surface area contributed by atoms with Crippen molar-refractivity contribution in [3.8, 4) is 0 Å². The number of nitrogens with one attached hydrogen (secondary N) is 1. The molecule has 0 aliphatic heterocycles. The Morgan fingerprint density at radius 1 is 0.886 bits per heavy atom. The highest BCUT2D eigenvalue weighted by Crippen LogP contribution is 2.23.